The molecule has 0 fully saturated rings. The molecule has 0 saturated carbocycles. The Morgan fingerprint density at radius 3 is 2.65 bits per heavy atom. The number of nitrogens with one attached hydrogen (secondary N) is 2. The van der Waals surface area contributed by atoms with E-state index < -0.39 is 23.4 Å². The van der Waals surface area contributed by atoms with E-state index in [2.05, 4.69) is 10.6 Å². The zero-order valence-corrected chi connectivity index (χ0v) is 13.0. The predicted molar refractivity (Wildman–Crippen MR) is 82.1 cm³/mol. The number of hydrogen-bond donors (Lipinski definition) is 2. The Morgan fingerprint density at radius 2 is 2.04 bits per heavy atom. The van der Waals surface area contributed by atoms with Gasteiger partial charge in [-0.2, -0.15) is 11.3 Å². The molecule has 2 amide bonds. The van der Waals surface area contributed by atoms with Crippen LogP contribution in [0.5, 0.6) is 0 Å². The van der Waals surface area contributed by atoms with Gasteiger partial charge < -0.3 is 15.4 Å². The fourth-order valence-corrected chi connectivity index (χ4v) is 2.53. The number of ether oxygens (including phenoxy) is 1. The van der Waals surface area contributed by atoms with Crippen molar-refractivity contribution >= 4 is 28.8 Å². The van der Waals surface area contributed by atoms with Gasteiger partial charge in [-0.15, -0.1) is 0 Å². The molecule has 122 valence electrons. The molecule has 1 heterocycles. The monoisotopic (exact) mass is 340 g/mol. The van der Waals surface area contributed by atoms with E-state index in [4.69, 9.17) is 4.74 Å². The number of carbonyl (C=O) groups excluding carboxylic acids is 2. The van der Waals surface area contributed by atoms with Gasteiger partial charge in [0.15, 0.2) is 0 Å². The first-order valence-electron chi connectivity index (χ1n) is 6.60. The molecule has 1 aromatic carbocycles. The Bertz CT molecular complexity index is 692. The van der Waals surface area contributed by atoms with Gasteiger partial charge in [0, 0.05) is 19.7 Å². The van der Waals surface area contributed by atoms with Gasteiger partial charge in [-0.05, 0) is 34.5 Å². The first-order valence-corrected chi connectivity index (χ1v) is 7.54. The van der Waals surface area contributed by atoms with Crippen LogP contribution in [-0.4, -0.2) is 25.5 Å². The lowest BCUT2D eigenvalue weighted by atomic mass is 10.2. The summed E-state index contributed by atoms with van der Waals surface area (Å²) < 4.78 is 31.4. The highest BCUT2D eigenvalue weighted by molar-refractivity contribution is 7.07. The molecule has 8 heteroatoms. The van der Waals surface area contributed by atoms with E-state index in [1.165, 1.54) is 18.4 Å². The van der Waals surface area contributed by atoms with Crippen molar-refractivity contribution in [2.24, 2.45) is 0 Å². The van der Waals surface area contributed by atoms with Crippen LogP contribution in [0.15, 0.2) is 35.0 Å². The van der Waals surface area contributed by atoms with Crippen LogP contribution in [0, 0.1) is 11.6 Å². The maximum Gasteiger partial charge on any atom is 0.313 e. The number of methoxy groups -OCH3 is 1. The highest BCUT2D eigenvalue weighted by Gasteiger charge is 2.18. The summed E-state index contributed by atoms with van der Waals surface area (Å²) in [6.45, 7) is 0.0887. The molecule has 0 saturated heterocycles. The summed E-state index contributed by atoms with van der Waals surface area (Å²) in [4.78, 5) is 23.5. The average molecular weight is 340 g/mol. The van der Waals surface area contributed by atoms with Crippen molar-refractivity contribution in [2.45, 2.75) is 6.10 Å². The third kappa shape index (κ3) is 4.57. The standard InChI is InChI=1S/C15H14F2N2O3S/c1-22-13(9-4-5-23-8-9)7-18-14(20)15(21)19-12-3-2-10(16)6-11(12)17/h2-6,8,13H,7H2,1H3,(H,18,20)(H,19,21). The molecule has 0 spiro atoms. The molecule has 0 radical (unpaired) electrons. The van der Waals surface area contributed by atoms with Crippen LogP contribution >= 0.6 is 11.3 Å². The second-order valence-electron chi connectivity index (χ2n) is 4.57. The van der Waals surface area contributed by atoms with Gasteiger partial charge in [-0.25, -0.2) is 8.78 Å². The molecular weight excluding hydrogens is 326 g/mol. The molecule has 23 heavy (non-hydrogen) atoms. The lowest BCUT2D eigenvalue weighted by Crippen LogP contribution is -2.38. The van der Waals surface area contributed by atoms with E-state index in [0.717, 1.165) is 17.7 Å². The third-order valence-electron chi connectivity index (χ3n) is 3.03. The van der Waals surface area contributed by atoms with Crippen molar-refractivity contribution in [3.63, 3.8) is 0 Å². The first-order chi connectivity index (χ1) is 11.0. The quantitative estimate of drug-likeness (QED) is 0.822. The van der Waals surface area contributed by atoms with Crippen molar-refractivity contribution in [1.29, 1.82) is 0 Å². The zero-order chi connectivity index (χ0) is 16.8. The van der Waals surface area contributed by atoms with Crippen molar-refractivity contribution < 1.29 is 23.1 Å². The number of halogens is 2. The first kappa shape index (κ1) is 17.0. The molecule has 2 N–H and O–H groups in total. The molecule has 0 aliphatic heterocycles. The summed E-state index contributed by atoms with van der Waals surface area (Å²) in [7, 11) is 1.49. The topological polar surface area (TPSA) is 67.4 Å². The molecule has 1 aromatic heterocycles. The Balaban J connectivity index is 1.91. The number of hydrogen-bond acceptors (Lipinski definition) is 4. The van der Waals surface area contributed by atoms with Gasteiger partial charge in [0.2, 0.25) is 0 Å². The molecule has 1 unspecified atom stereocenters. The van der Waals surface area contributed by atoms with Crippen LogP contribution < -0.4 is 10.6 Å². The summed E-state index contributed by atoms with van der Waals surface area (Å²) in [5.74, 6) is -3.72. The smallest absolute Gasteiger partial charge is 0.313 e. The number of benzene rings is 1. The summed E-state index contributed by atoms with van der Waals surface area (Å²) in [6, 6.07) is 4.48. The average Bonchev–Trinajstić information content (AvgIpc) is 3.04. The van der Waals surface area contributed by atoms with E-state index in [1.807, 2.05) is 16.8 Å². The largest absolute Gasteiger partial charge is 0.375 e. The highest BCUT2D eigenvalue weighted by Crippen LogP contribution is 2.18. The molecule has 1 atom stereocenters. The second-order valence-corrected chi connectivity index (χ2v) is 5.35. The number of thiophene rings is 1. The Labute approximate surface area is 135 Å². The number of anilines is 1. The molecule has 5 nitrogen and oxygen atoms in total. The molecular formula is C15H14F2N2O3S. The number of amides is 2. The summed E-state index contributed by atoms with van der Waals surface area (Å²) in [5, 5.41) is 8.22. The lowest BCUT2D eigenvalue weighted by Gasteiger charge is -2.14. The second kappa shape index (κ2) is 7.80. The van der Waals surface area contributed by atoms with Crippen LogP contribution in [0.3, 0.4) is 0 Å². The van der Waals surface area contributed by atoms with Gasteiger partial charge >= 0.3 is 11.8 Å². The fraction of sp³-hybridized carbons (Fsp3) is 0.200. The molecule has 0 aliphatic carbocycles. The van der Waals surface area contributed by atoms with E-state index in [1.54, 1.807) is 0 Å². The van der Waals surface area contributed by atoms with Crippen LogP contribution in [0.2, 0.25) is 0 Å². The van der Waals surface area contributed by atoms with Crippen LogP contribution in [0.1, 0.15) is 11.7 Å². The zero-order valence-electron chi connectivity index (χ0n) is 12.1. The van der Waals surface area contributed by atoms with Crippen molar-refractivity contribution in [3.8, 4) is 0 Å². The fourth-order valence-electron chi connectivity index (χ4n) is 1.83. The van der Waals surface area contributed by atoms with Gasteiger partial charge in [-0.3, -0.25) is 9.59 Å². The molecule has 2 aromatic rings. The van der Waals surface area contributed by atoms with Crippen LogP contribution in [0.4, 0.5) is 14.5 Å². The normalized spacial score (nSPS) is 11.8. The Hall–Kier alpha value is -2.32. The minimum atomic E-state index is -1.05. The van der Waals surface area contributed by atoms with Gasteiger partial charge in [0.05, 0.1) is 5.69 Å². The maximum atomic E-state index is 13.4. The summed E-state index contributed by atoms with van der Waals surface area (Å²) >= 11 is 1.48. The van der Waals surface area contributed by atoms with E-state index in [0.29, 0.717) is 6.07 Å². The molecule has 0 aliphatic rings. The summed E-state index contributed by atoms with van der Waals surface area (Å²) in [5.41, 5.74) is 0.607. The Kier molecular flexibility index (Phi) is 5.78. The lowest BCUT2D eigenvalue weighted by molar-refractivity contribution is -0.136. The van der Waals surface area contributed by atoms with Crippen LogP contribution in [-0.2, 0) is 14.3 Å². The van der Waals surface area contributed by atoms with E-state index >= 15 is 0 Å². The Morgan fingerprint density at radius 1 is 1.26 bits per heavy atom. The van der Waals surface area contributed by atoms with E-state index in [-0.39, 0.29) is 18.3 Å². The molecule has 2 rings (SSSR count). The maximum absolute atomic E-state index is 13.4. The number of rotatable bonds is 5. The minimum Gasteiger partial charge on any atom is -0.375 e. The van der Waals surface area contributed by atoms with Gasteiger partial charge in [-0.1, -0.05) is 0 Å². The van der Waals surface area contributed by atoms with Crippen molar-refractivity contribution in [1.82, 2.24) is 5.32 Å². The number of carbonyl (C=O) groups is 2. The predicted octanol–water partition coefficient (Wildman–Crippen LogP) is 2.47. The summed E-state index contributed by atoms with van der Waals surface area (Å²) in [6.07, 6.45) is -0.388. The van der Waals surface area contributed by atoms with E-state index in [9.17, 15) is 18.4 Å². The van der Waals surface area contributed by atoms with Crippen LogP contribution in [0.25, 0.3) is 0 Å². The van der Waals surface area contributed by atoms with Crippen molar-refractivity contribution in [3.05, 3.63) is 52.2 Å². The highest BCUT2D eigenvalue weighted by atomic mass is 32.1. The minimum absolute atomic E-state index is 0.0887. The third-order valence-corrected chi connectivity index (χ3v) is 3.73. The van der Waals surface area contributed by atoms with Gasteiger partial charge in [0.25, 0.3) is 0 Å². The van der Waals surface area contributed by atoms with Crippen molar-refractivity contribution in [2.75, 3.05) is 19.0 Å². The van der Waals surface area contributed by atoms with Gasteiger partial charge in [0.1, 0.15) is 17.7 Å². The SMILES string of the molecule is COC(CNC(=O)C(=O)Nc1ccc(F)cc1F)c1ccsc1. The molecule has 0 bridgehead atoms.